The molecule has 1 atom stereocenters. The summed E-state index contributed by atoms with van der Waals surface area (Å²) in [7, 11) is -3.22. The van der Waals surface area contributed by atoms with E-state index >= 15 is 0 Å². The monoisotopic (exact) mass is 467 g/mol. The number of aromatic nitrogens is 1. The first-order valence-electron chi connectivity index (χ1n) is 9.43. The molecule has 2 aliphatic heterocycles. The fourth-order valence-electron chi connectivity index (χ4n) is 3.55. The lowest BCUT2D eigenvalue weighted by molar-refractivity contribution is -0.192. The second-order valence-corrected chi connectivity index (χ2v) is 9.20. The van der Waals surface area contributed by atoms with Crippen molar-refractivity contribution in [2.75, 3.05) is 26.0 Å². The van der Waals surface area contributed by atoms with Crippen molar-refractivity contribution in [3.8, 4) is 0 Å². The van der Waals surface area contributed by atoms with Gasteiger partial charge >= 0.3 is 12.1 Å². The molecule has 2 fully saturated rings. The Hall–Kier alpha value is -2.25. The van der Waals surface area contributed by atoms with Crippen LogP contribution in [0.1, 0.15) is 36.2 Å². The summed E-state index contributed by atoms with van der Waals surface area (Å²) in [6.45, 7) is 1.74. The van der Waals surface area contributed by atoms with Crippen LogP contribution in [-0.4, -0.2) is 79.1 Å². The number of likely N-dealkylation sites (tertiary alicyclic amines) is 1. The van der Waals surface area contributed by atoms with Crippen LogP contribution in [0.25, 0.3) is 0 Å². The third-order valence-corrected chi connectivity index (χ3v) is 5.72. The minimum absolute atomic E-state index is 0.0629. The van der Waals surface area contributed by atoms with Gasteiger partial charge in [-0.25, -0.2) is 17.9 Å². The van der Waals surface area contributed by atoms with E-state index in [1.54, 1.807) is 29.3 Å². The number of nitrogens with one attached hydrogen (secondary N) is 1. The van der Waals surface area contributed by atoms with Crippen molar-refractivity contribution in [3.63, 3.8) is 0 Å². The number of hydrogen-bond acceptors (Lipinski definition) is 6. The summed E-state index contributed by atoms with van der Waals surface area (Å²) in [6, 6.07) is 5.21. The van der Waals surface area contributed by atoms with Crippen LogP contribution in [0.4, 0.5) is 13.2 Å². The van der Waals surface area contributed by atoms with E-state index in [9.17, 15) is 26.4 Å². The topological polar surface area (TPSA) is 126 Å². The van der Waals surface area contributed by atoms with Gasteiger partial charge in [-0.05, 0) is 37.8 Å². The van der Waals surface area contributed by atoms with Crippen LogP contribution < -0.4 is 4.72 Å². The first kappa shape index (κ1) is 25.0. The van der Waals surface area contributed by atoms with Gasteiger partial charge in [0, 0.05) is 31.9 Å². The molecule has 3 rings (SSSR count). The summed E-state index contributed by atoms with van der Waals surface area (Å²) in [4.78, 5) is 27.3. The molecule has 1 unspecified atom stereocenters. The Balaban J connectivity index is 0.000000423. The lowest BCUT2D eigenvalue weighted by Crippen LogP contribution is -2.54. The number of carbonyl (C=O) groups excluding carboxylic acids is 1. The molecule has 3 heterocycles. The predicted octanol–water partition coefficient (Wildman–Crippen LogP) is 1.42. The molecule has 9 nitrogen and oxygen atoms in total. The molecule has 0 aromatic carbocycles. The van der Waals surface area contributed by atoms with Crippen molar-refractivity contribution in [1.82, 2.24) is 14.6 Å². The molecule has 13 heteroatoms. The van der Waals surface area contributed by atoms with Crippen LogP contribution in [0.2, 0.25) is 0 Å². The Kier molecular flexibility index (Phi) is 8.00. The van der Waals surface area contributed by atoms with Gasteiger partial charge in [0.15, 0.2) is 0 Å². The number of sulfonamides is 1. The van der Waals surface area contributed by atoms with Crippen LogP contribution in [0.5, 0.6) is 0 Å². The summed E-state index contributed by atoms with van der Waals surface area (Å²) >= 11 is 0. The van der Waals surface area contributed by atoms with E-state index < -0.39 is 22.2 Å². The van der Waals surface area contributed by atoms with Gasteiger partial charge in [0.25, 0.3) is 5.91 Å². The number of carboxylic acid groups (broad SMARTS) is 1. The van der Waals surface area contributed by atoms with E-state index in [4.69, 9.17) is 14.6 Å². The van der Waals surface area contributed by atoms with Crippen molar-refractivity contribution in [1.29, 1.82) is 0 Å². The zero-order chi connectivity index (χ0) is 23.3. The third kappa shape index (κ3) is 7.74. The van der Waals surface area contributed by atoms with Gasteiger partial charge in [-0.3, -0.25) is 9.78 Å². The van der Waals surface area contributed by atoms with Gasteiger partial charge in [-0.15, -0.1) is 0 Å². The Morgan fingerprint density at radius 2 is 1.90 bits per heavy atom. The molecule has 1 aromatic rings. The highest BCUT2D eigenvalue weighted by atomic mass is 32.2. The zero-order valence-corrected chi connectivity index (χ0v) is 17.6. The molecular weight excluding hydrogens is 443 g/mol. The van der Waals surface area contributed by atoms with E-state index in [-0.39, 0.29) is 17.6 Å². The molecule has 1 spiro atoms. The van der Waals surface area contributed by atoms with Gasteiger partial charge in [-0.2, -0.15) is 13.2 Å². The molecule has 174 valence electrons. The number of rotatable bonds is 3. The second-order valence-electron chi connectivity index (χ2n) is 7.42. The first-order valence-corrected chi connectivity index (χ1v) is 11.3. The van der Waals surface area contributed by atoms with E-state index in [1.165, 1.54) is 6.26 Å². The number of pyridine rings is 1. The number of alkyl halides is 3. The summed E-state index contributed by atoms with van der Waals surface area (Å²) in [5.74, 6) is -2.82. The average Bonchev–Trinajstić information content (AvgIpc) is 2.67. The van der Waals surface area contributed by atoms with E-state index in [0.29, 0.717) is 51.1 Å². The fourth-order valence-corrected chi connectivity index (χ4v) is 4.35. The number of carboxylic acids is 1. The number of amides is 1. The molecule has 0 radical (unpaired) electrons. The number of aliphatic carboxylic acids is 1. The maximum atomic E-state index is 12.5. The highest BCUT2D eigenvalue weighted by molar-refractivity contribution is 7.88. The van der Waals surface area contributed by atoms with Crippen LogP contribution >= 0.6 is 0 Å². The number of halogens is 3. The quantitative estimate of drug-likeness (QED) is 0.689. The smallest absolute Gasteiger partial charge is 0.475 e. The molecule has 2 saturated heterocycles. The van der Waals surface area contributed by atoms with Crippen molar-refractivity contribution in [2.45, 2.75) is 43.5 Å². The maximum absolute atomic E-state index is 12.5. The highest BCUT2D eigenvalue weighted by Gasteiger charge is 2.42. The lowest BCUT2D eigenvalue weighted by Gasteiger charge is -2.46. The van der Waals surface area contributed by atoms with Crippen LogP contribution in [0.15, 0.2) is 24.4 Å². The summed E-state index contributed by atoms with van der Waals surface area (Å²) in [5.41, 5.74) is 0.122. The number of nitrogens with zero attached hydrogens (tertiary/aromatic N) is 2. The molecule has 1 amide bonds. The number of carbonyl (C=O) groups is 2. The second kappa shape index (κ2) is 9.92. The molecular formula is C18H24F3N3O6S. The molecule has 2 aliphatic rings. The van der Waals surface area contributed by atoms with Crippen molar-refractivity contribution < 1.29 is 41.0 Å². The van der Waals surface area contributed by atoms with Gasteiger partial charge < -0.3 is 14.7 Å². The van der Waals surface area contributed by atoms with Crippen LogP contribution in [0, 0.1) is 0 Å². The Morgan fingerprint density at radius 3 is 2.39 bits per heavy atom. The molecule has 2 N–H and O–H groups in total. The van der Waals surface area contributed by atoms with Gasteiger partial charge in [-0.1, -0.05) is 6.07 Å². The number of hydrogen-bond donors (Lipinski definition) is 2. The maximum Gasteiger partial charge on any atom is 0.490 e. The normalized spacial score (nSPS) is 21.2. The summed E-state index contributed by atoms with van der Waals surface area (Å²) < 4.78 is 63.3. The van der Waals surface area contributed by atoms with Crippen LogP contribution in [-0.2, 0) is 19.6 Å². The average molecular weight is 467 g/mol. The van der Waals surface area contributed by atoms with Crippen LogP contribution in [0.3, 0.4) is 0 Å². The molecule has 1 aromatic heterocycles. The van der Waals surface area contributed by atoms with Gasteiger partial charge in [0.2, 0.25) is 10.0 Å². The van der Waals surface area contributed by atoms with Crippen molar-refractivity contribution in [3.05, 3.63) is 30.1 Å². The Morgan fingerprint density at radius 1 is 1.29 bits per heavy atom. The summed E-state index contributed by atoms with van der Waals surface area (Å²) in [5, 5.41) is 7.12. The van der Waals surface area contributed by atoms with Crippen molar-refractivity contribution in [2.24, 2.45) is 0 Å². The van der Waals surface area contributed by atoms with E-state index in [2.05, 4.69) is 9.71 Å². The molecule has 0 bridgehead atoms. The first-order chi connectivity index (χ1) is 14.3. The van der Waals surface area contributed by atoms with E-state index in [0.717, 1.165) is 0 Å². The summed E-state index contributed by atoms with van der Waals surface area (Å²) in [6.07, 6.45) is 0.492. The Bertz CT molecular complexity index is 871. The molecule has 0 aliphatic carbocycles. The largest absolute Gasteiger partial charge is 0.490 e. The minimum Gasteiger partial charge on any atom is -0.475 e. The third-order valence-electron chi connectivity index (χ3n) is 4.96. The standard InChI is InChI=1S/C16H23N3O4S.C2HF3O2/c1-24(21,22)18-13-5-11-23-16(12-13)6-9-19(10-7-16)15(20)14-4-2-3-8-17-14;3-2(4,5)1(6)7/h2-4,8,13,18H,5-7,9-12H2,1H3;(H,6,7). The predicted molar refractivity (Wildman–Crippen MR) is 103 cm³/mol. The van der Waals surface area contributed by atoms with Crippen molar-refractivity contribution >= 4 is 21.9 Å². The van der Waals surface area contributed by atoms with Gasteiger partial charge in [0.1, 0.15) is 5.69 Å². The lowest BCUT2D eigenvalue weighted by atomic mass is 9.82. The number of piperidine rings is 1. The van der Waals surface area contributed by atoms with E-state index in [1.807, 2.05) is 0 Å². The highest BCUT2D eigenvalue weighted by Crippen LogP contribution is 2.35. The Labute approximate surface area is 177 Å². The SMILES string of the molecule is CS(=O)(=O)NC1CCOC2(CCN(C(=O)c3ccccn3)CC2)C1.O=C(O)C(F)(F)F. The van der Waals surface area contributed by atoms with Gasteiger partial charge in [0.05, 0.1) is 11.9 Å². The number of ether oxygens (including phenoxy) is 1. The molecule has 0 saturated carbocycles. The minimum atomic E-state index is -5.08. The zero-order valence-electron chi connectivity index (χ0n) is 16.8. The fraction of sp³-hybridized carbons (Fsp3) is 0.611. The molecule has 31 heavy (non-hydrogen) atoms.